The highest BCUT2D eigenvalue weighted by molar-refractivity contribution is 7.98. The van der Waals surface area contributed by atoms with Crippen molar-refractivity contribution in [3.63, 3.8) is 0 Å². The second-order valence-corrected chi connectivity index (χ2v) is 4.07. The van der Waals surface area contributed by atoms with Crippen LogP contribution >= 0.6 is 11.8 Å². The summed E-state index contributed by atoms with van der Waals surface area (Å²) < 4.78 is 0. The van der Waals surface area contributed by atoms with E-state index in [0.29, 0.717) is 6.04 Å². The Balaban J connectivity index is 4.07. The van der Waals surface area contributed by atoms with Crippen molar-refractivity contribution < 1.29 is 4.79 Å². The molecule has 4 nitrogen and oxygen atoms in total. The van der Waals surface area contributed by atoms with Gasteiger partial charge >= 0.3 is 0 Å². The molecule has 5 heteroatoms. The van der Waals surface area contributed by atoms with Gasteiger partial charge in [-0.05, 0) is 27.2 Å². The number of carbonyl (C=O) groups excluding carboxylic acids is 1. The number of thioether (sulfide) groups is 1. The van der Waals surface area contributed by atoms with E-state index < -0.39 is 0 Å². The van der Waals surface area contributed by atoms with Crippen molar-refractivity contribution in [2.75, 3.05) is 19.1 Å². The van der Waals surface area contributed by atoms with Crippen LogP contribution in [-0.4, -0.2) is 41.9 Å². The van der Waals surface area contributed by atoms with Crippen LogP contribution in [0.1, 0.15) is 13.8 Å². The van der Waals surface area contributed by atoms with E-state index in [4.69, 9.17) is 5.84 Å². The first-order valence-electron chi connectivity index (χ1n) is 4.25. The minimum Gasteiger partial charge on any atom is -0.293 e. The largest absolute Gasteiger partial charge is 0.293 e. The van der Waals surface area contributed by atoms with Gasteiger partial charge in [0.1, 0.15) is 0 Å². The summed E-state index contributed by atoms with van der Waals surface area (Å²) in [6.07, 6.45) is 2.05. The first-order valence-corrected chi connectivity index (χ1v) is 5.65. The fraction of sp³-hybridized carbons (Fsp3) is 0.875. The molecule has 0 aliphatic heterocycles. The van der Waals surface area contributed by atoms with Crippen LogP contribution in [0.15, 0.2) is 0 Å². The zero-order valence-corrected chi connectivity index (χ0v) is 9.52. The van der Waals surface area contributed by atoms with E-state index in [-0.39, 0.29) is 11.9 Å². The van der Waals surface area contributed by atoms with E-state index in [1.807, 2.05) is 18.9 Å². The number of likely N-dealkylation sites (N-methyl/N-ethyl adjacent to an activating group) is 1. The summed E-state index contributed by atoms with van der Waals surface area (Å²) in [5.41, 5.74) is 2.16. The van der Waals surface area contributed by atoms with Crippen LogP contribution in [0, 0.1) is 0 Å². The van der Waals surface area contributed by atoms with Crippen molar-refractivity contribution in [2.24, 2.45) is 5.84 Å². The molecule has 0 rings (SSSR count). The number of hydrazine groups is 1. The van der Waals surface area contributed by atoms with Crippen LogP contribution in [-0.2, 0) is 4.79 Å². The molecule has 0 heterocycles. The molecule has 78 valence electrons. The van der Waals surface area contributed by atoms with Crippen molar-refractivity contribution in [3.8, 4) is 0 Å². The first kappa shape index (κ1) is 12.7. The number of nitrogens with zero attached hydrogens (tertiary/aromatic N) is 1. The second kappa shape index (κ2) is 6.23. The molecule has 0 aromatic rings. The number of rotatable bonds is 5. The molecule has 0 aromatic heterocycles. The highest BCUT2D eigenvalue weighted by Gasteiger charge is 2.20. The van der Waals surface area contributed by atoms with Gasteiger partial charge in [-0.15, -0.1) is 0 Å². The molecule has 0 fully saturated rings. The molecular formula is C8H19N3OS. The number of hydrogen-bond donors (Lipinski definition) is 2. The Morgan fingerprint density at radius 3 is 2.54 bits per heavy atom. The van der Waals surface area contributed by atoms with E-state index in [2.05, 4.69) is 18.6 Å². The summed E-state index contributed by atoms with van der Waals surface area (Å²) in [7, 11) is 1.93. The summed E-state index contributed by atoms with van der Waals surface area (Å²) >= 11 is 1.77. The van der Waals surface area contributed by atoms with Crippen molar-refractivity contribution in [2.45, 2.75) is 25.9 Å². The number of nitrogens with one attached hydrogen (secondary N) is 1. The standard InChI is InChI=1S/C8H19N3OS/c1-6(5-13-4)11(3)7(2)8(12)10-9/h6-7H,5,9H2,1-4H3,(H,10,12). The average molecular weight is 205 g/mol. The fourth-order valence-electron chi connectivity index (χ4n) is 1.05. The van der Waals surface area contributed by atoms with E-state index in [9.17, 15) is 4.79 Å². The molecule has 0 spiro atoms. The van der Waals surface area contributed by atoms with Crippen LogP contribution < -0.4 is 11.3 Å². The van der Waals surface area contributed by atoms with Gasteiger partial charge in [0.05, 0.1) is 6.04 Å². The molecular weight excluding hydrogens is 186 g/mol. The topological polar surface area (TPSA) is 58.4 Å². The molecule has 0 aliphatic rings. The van der Waals surface area contributed by atoms with E-state index >= 15 is 0 Å². The highest BCUT2D eigenvalue weighted by atomic mass is 32.2. The molecule has 0 bridgehead atoms. The van der Waals surface area contributed by atoms with Crippen molar-refractivity contribution in [1.82, 2.24) is 10.3 Å². The number of hydrogen-bond acceptors (Lipinski definition) is 4. The quantitative estimate of drug-likeness (QED) is 0.378. The van der Waals surface area contributed by atoms with Gasteiger partial charge in [-0.1, -0.05) is 0 Å². The van der Waals surface area contributed by atoms with Crippen LogP contribution in [0.25, 0.3) is 0 Å². The third kappa shape index (κ3) is 3.97. The van der Waals surface area contributed by atoms with Crippen molar-refractivity contribution in [1.29, 1.82) is 0 Å². The predicted octanol–water partition coefficient (Wildman–Crippen LogP) is 0.0481. The average Bonchev–Trinajstić information content (AvgIpc) is 2.14. The smallest absolute Gasteiger partial charge is 0.250 e. The monoisotopic (exact) mass is 205 g/mol. The van der Waals surface area contributed by atoms with Gasteiger partial charge in [0, 0.05) is 11.8 Å². The Hall–Kier alpha value is -0.260. The maximum atomic E-state index is 11.2. The Bertz CT molecular complexity index is 165. The lowest BCUT2D eigenvalue weighted by Crippen LogP contribution is -2.49. The van der Waals surface area contributed by atoms with E-state index in [1.54, 1.807) is 11.8 Å². The summed E-state index contributed by atoms with van der Waals surface area (Å²) in [5.74, 6) is 5.92. The zero-order chi connectivity index (χ0) is 10.4. The van der Waals surface area contributed by atoms with Gasteiger partial charge in [-0.2, -0.15) is 11.8 Å². The Labute approximate surface area is 84.2 Å². The molecule has 2 atom stereocenters. The van der Waals surface area contributed by atoms with Gasteiger partial charge in [-0.3, -0.25) is 15.1 Å². The predicted molar refractivity (Wildman–Crippen MR) is 57.4 cm³/mol. The van der Waals surface area contributed by atoms with Gasteiger partial charge < -0.3 is 0 Å². The number of nitrogens with two attached hydrogens (primary N) is 1. The van der Waals surface area contributed by atoms with Crippen molar-refractivity contribution in [3.05, 3.63) is 0 Å². The minimum absolute atomic E-state index is 0.143. The molecule has 0 saturated heterocycles. The maximum Gasteiger partial charge on any atom is 0.250 e. The highest BCUT2D eigenvalue weighted by Crippen LogP contribution is 2.07. The zero-order valence-electron chi connectivity index (χ0n) is 8.70. The lowest BCUT2D eigenvalue weighted by Gasteiger charge is -2.28. The van der Waals surface area contributed by atoms with Gasteiger partial charge in [0.2, 0.25) is 0 Å². The Morgan fingerprint density at radius 1 is 1.62 bits per heavy atom. The molecule has 0 aromatic carbocycles. The lowest BCUT2D eigenvalue weighted by molar-refractivity contribution is -0.126. The van der Waals surface area contributed by atoms with Crippen LogP contribution in [0.3, 0.4) is 0 Å². The van der Waals surface area contributed by atoms with Gasteiger partial charge in [0.15, 0.2) is 0 Å². The maximum absolute atomic E-state index is 11.2. The summed E-state index contributed by atoms with van der Waals surface area (Å²) in [5, 5.41) is 0. The minimum atomic E-state index is -0.174. The third-order valence-corrected chi connectivity index (χ3v) is 3.05. The molecule has 0 saturated carbocycles. The number of carbonyl (C=O) groups is 1. The van der Waals surface area contributed by atoms with Crippen LogP contribution in [0.2, 0.25) is 0 Å². The van der Waals surface area contributed by atoms with Crippen LogP contribution in [0.5, 0.6) is 0 Å². The van der Waals surface area contributed by atoms with Gasteiger partial charge in [-0.25, -0.2) is 5.84 Å². The SMILES string of the molecule is CSCC(C)N(C)C(C)C(=O)NN. The normalized spacial score (nSPS) is 15.5. The van der Waals surface area contributed by atoms with Gasteiger partial charge in [0.25, 0.3) is 5.91 Å². The van der Waals surface area contributed by atoms with Crippen molar-refractivity contribution >= 4 is 17.7 Å². The molecule has 13 heavy (non-hydrogen) atoms. The molecule has 2 unspecified atom stereocenters. The lowest BCUT2D eigenvalue weighted by atomic mass is 10.2. The van der Waals surface area contributed by atoms with Crippen LogP contribution in [0.4, 0.5) is 0 Å². The Morgan fingerprint density at radius 2 is 2.15 bits per heavy atom. The fourth-order valence-corrected chi connectivity index (χ4v) is 1.76. The number of amides is 1. The Kier molecular flexibility index (Phi) is 6.11. The molecule has 0 aliphatic carbocycles. The molecule has 3 N–H and O–H groups in total. The summed E-state index contributed by atoms with van der Waals surface area (Å²) in [4.78, 5) is 13.2. The van der Waals surface area contributed by atoms with E-state index in [0.717, 1.165) is 5.75 Å². The molecule has 1 amide bonds. The first-order chi connectivity index (χ1) is 6.04. The second-order valence-electron chi connectivity index (χ2n) is 3.15. The summed E-state index contributed by atoms with van der Waals surface area (Å²) in [6.45, 7) is 3.94. The summed E-state index contributed by atoms with van der Waals surface area (Å²) in [6, 6.07) is 0.203. The molecule has 0 radical (unpaired) electrons. The third-order valence-electron chi connectivity index (χ3n) is 2.24. The van der Waals surface area contributed by atoms with E-state index in [1.165, 1.54) is 0 Å².